The molecule has 0 aliphatic carbocycles. The quantitative estimate of drug-likeness (QED) is 0.602. The van der Waals surface area contributed by atoms with Crippen molar-refractivity contribution in [2.45, 2.75) is 25.8 Å². The number of primary amides is 1. The number of hydrogen-bond donors (Lipinski definition) is 2. The zero-order chi connectivity index (χ0) is 20.9. The highest BCUT2D eigenvalue weighted by molar-refractivity contribution is 5.92. The number of nitrogens with zero attached hydrogens (tertiary/aromatic N) is 1. The number of benzene rings is 2. The lowest BCUT2D eigenvalue weighted by atomic mass is 9.84. The average Bonchev–Trinajstić information content (AvgIpc) is 2.69. The third-order valence-corrected chi connectivity index (χ3v) is 4.66. The molecule has 150 valence electrons. The fourth-order valence-electron chi connectivity index (χ4n) is 2.95. The van der Waals surface area contributed by atoms with E-state index in [0.29, 0.717) is 23.7 Å². The summed E-state index contributed by atoms with van der Waals surface area (Å²) in [5.74, 6) is 0.287. The van der Waals surface area contributed by atoms with Gasteiger partial charge < -0.3 is 15.8 Å². The minimum atomic E-state index is -0.526. The lowest BCUT2D eigenvalue weighted by molar-refractivity contribution is 0.1000. The van der Waals surface area contributed by atoms with Gasteiger partial charge in [0, 0.05) is 30.8 Å². The summed E-state index contributed by atoms with van der Waals surface area (Å²) < 4.78 is 19.0. The summed E-state index contributed by atoms with van der Waals surface area (Å²) in [7, 11) is 0. The van der Waals surface area contributed by atoms with Gasteiger partial charge in [0.25, 0.3) is 0 Å². The van der Waals surface area contributed by atoms with Gasteiger partial charge >= 0.3 is 0 Å². The largest absolute Gasteiger partial charge is 0.439 e. The number of carbonyl (C=O) groups is 1. The SMILES string of the molecule is CC(C)(CNCc1cccc(F)c1)c1ccc(Oc2ccc(C(N)=O)cn2)cc1. The lowest BCUT2D eigenvalue weighted by Gasteiger charge is -2.26. The van der Waals surface area contributed by atoms with Crippen LogP contribution in [0.5, 0.6) is 11.6 Å². The van der Waals surface area contributed by atoms with E-state index in [1.165, 1.54) is 18.3 Å². The molecule has 1 amide bonds. The predicted molar refractivity (Wildman–Crippen MR) is 110 cm³/mol. The molecular weight excluding hydrogens is 369 g/mol. The van der Waals surface area contributed by atoms with Crippen LogP contribution in [0.4, 0.5) is 4.39 Å². The van der Waals surface area contributed by atoms with Crippen molar-refractivity contribution in [3.8, 4) is 11.6 Å². The van der Waals surface area contributed by atoms with E-state index >= 15 is 0 Å². The molecule has 1 aromatic heterocycles. The number of rotatable bonds is 8. The average molecular weight is 393 g/mol. The molecule has 3 rings (SSSR count). The summed E-state index contributed by atoms with van der Waals surface area (Å²) in [6.07, 6.45) is 1.39. The maximum Gasteiger partial charge on any atom is 0.250 e. The van der Waals surface area contributed by atoms with Gasteiger partial charge in [0.15, 0.2) is 0 Å². The molecule has 0 unspecified atom stereocenters. The van der Waals surface area contributed by atoms with Gasteiger partial charge in [-0.3, -0.25) is 4.79 Å². The maximum atomic E-state index is 13.3. The molecule has 29 heavy (non-hydrogen) atoms. The van der Waals surface area contributed by atoms with Crippen LogP contribution in [0.2, 0.25) is 0 Å². The minimum Gasteiger partial charge on any atom is -0.439 e. The third-order valence-electron chi connectivity index (χ3n) is 4.66. The standard InChI is InChI=1S/C23H24FN3O2/c1-23(2,15-26-13-16-4-3-5-19(24)12-16)18-7-9-20(10-8-18)29-21-11-6-17(14-27-21)22(25)28/h3-12,14,26H,13,15H2,1-2H3,(H2,25,28). The van der Waals surface area contributed by atoms with Crippen LogP contribution in [0.1, 0.15) is 35.3 Å². The van der Waals surface area contributed by atoms with Crippen molar-refractivity contribution in [3.63, 3.8) is 0 Å². The van der Waals surface area contributed by atoms with Crippen molar-refractivity contribution in [1.82, 2.24) is 10.3 Å². The maximum absolute atomic E-state index is 13.3. The van der Waals surface area contributed by atoms with Gasteiger partial charge in [-0.25, -0.2) is 9.37 Å². The number of carbonyl (C=O) groups excluding carboxylic acids is 1. The van der Waals surface area contributed by atoms with E-state index in [1.54, 1.807) is 18.2 Å². The Bertz CT molecular complexity index is 970. The minimum absolute atomic E-state index is 0.118. The number of nitrogens with one attached hydrogen (secondary N) is 1. The zero-order valence-electron chi connectivity index (χ0n) is 16.5. The van der Waals surface area contributed by atoms with Crippen LogP contribution in [-0.2, 0) is 12.0 Å². The summed E-state index contributed by atoms with van der Waals surface area (Å²) in [5.41, 5.74) is 7.49. The molecule has 5 nitrogen and oxygen atoms in total. The third kappa shape index (κ3) is 5.62. The van der Waals surface area contributed by atoms with Crippen LogP contribution in [0.25, 0.3) is 0 Å². The van der Waals surface area contributed by atoms with E-state index in [4.69, 9.17) is 10.5 Å². The van der Waals surface area contributed by atoms with E-state index in [0.717, 1.165) is 17.7 Å². The molecule has 0 saturated carbocycles. The first-order valence-corrected chi connectivity index (χ1v) is 9.33. The molecule has 0 radical (unpaired) electrons. The number of halogens is 1. The molecular formula is C23H24FN3O2. The number of amides is 1. The van der Waals surface area contributed by atoms with Crippen molar-refractivity contribution in [2.24, 2.45) is 5.73 Å². The highest BCUT2D eigenvalue weighted by Crippen LogP contribution is 2.26. The number of ether oxygens (including phenoxy) is 1. The second-order valence-corrected chi connectivity index (χ2v) is 7.49. The van der Waals surface area contributed by atoms with E-state index in [1.807, 2.05) is 30.3 Å². The van der Waals surface area contributed by atoms with Crippen LogP contribution in [0, 0.1) is 5.82 Å². The van der Waals surface area contributed by atoms with Crippen molar-refractivity contribution < 1.29 is 13.9 Å². The van der Waals surface area contributed by atoms with Gasteiger partial charge in [0.1, 0.15) is 11.6 Å². The van der Waals surface area contributed by atoms with Crippen LogP contribution in [0.3, 0.4) is 0 Å². The fraction of sp³-hybridized carbons (Fsp3) is 0.217. The van der Waals surface area contributed by atoms with Crippen molar-refractivity contribution in [1.29, 1.82) is 0 Å². The Labute approximate surface area is 169 Å². The normalized spacial score (nSPS) is 11.3. The number of hydrogen-bond acceptors (Lipinski definition) is 4. The van der Waals surface area contributed by atoms with E-state index < -0.39 is 5.91 Å². The van der Waals surface area contributed by atoms with Crippen LogP contribution >= 0.6 is 0 Å². The van der Waals surface area contributed by atoms with Gasteiger partial charge in [-0.05, 0) is 41.5 Å². The Morgan fingerprint density at radius 2 is 1.90 bits per heavy atom. The van der Waals surface area contributed by atoms with E-state index in [9.17, 15) is 9.18 Å². The van der Waals surface area contributed by atoms with Crippen LogP contribution < -0.4 is 15.8 Å². The Balaban J connectivity index is 1.58. The molecule has 3 aromatic rings. The first-order chi connectivity index (χ1) is 13.8. The molecule has 0 aliphatic rings. The Morgan fingerprint density at radius 3 is 2.52 bits per heavy atom. The molecule has 6 heteroatoms. The van der Waals surface area contributed by atoms with Crippen LogP contribution in [0.15, 0.2) is 66.9 Å². The van der Waals surface area contributed by atoms with E-state index in [-0.39, 0.29) is 11.2 Å². The first kappa shape index (κ1) is 20.5. The highest BCUT2D eigenvalue weighted by atomic mass is 19.1. The summed E-state index contributed by atoms with van der Waals surface area (Å²) >= 11 is 0. The summed E-state index contributed by atoms with van der Waals surface area (Å²) in [4.78, 5) is 15.2. The fourth-order valence-corrected chi connectivity index (χ4v) is 2.95. The van der Waals surface area contributed by atoms with Gasteiger partial charge in [-0.1, -0.05) is 38.1 Å². The lowest BCUT2D eigenvalue weighted by Crippen LogP contribution is -2.32. The van der Waals surface area contributed by atoms with Gasteiger partial charge in [-0.2, -0.15) is 0 Å². The number of aromatic nitrogens is 1. The van der Waals surface area contributed by atoms with Crippen molar-refractivity contribution >= 4 is 5.91 Å². The molecule has 0 bridgehead atoms. The van der Waals surface area contributed by atoms with Crippen molar-refractivity contribution in [2.75, 3.05) is 6.54 Å². The van der Waals surface area contributed by atoms with Crippen molar-refractivity contribution in [3.05, 3.63) is 89.4 Å². The Hall–Kier alpha value is -3.25. The zero-order valence-corrected chi connectivity index (χ0v) is 16.5. The molecule has 0 spiro atoms. The number of nitrogens with two attached hydrogens (primary N) is 1. The molecule has 0 aliphatic heterocycles. The van der Waals surface area contributed by atoms with Crippen LogP contribution in [-0.4, -0.2) is 17.4 Å². The molecule has 0 atom stereocenters. The molecule has 1 heterocycles. The second kappa shape index (κ2) is 8.84. The Kier molecular flexibility index (Phi) is 6.24. The summed E-state index contributed by atoms with van der Waals surface area (Å²) in [5, 5.41) is 3.39. The Morgan fingerprint density at radius 1 is 1.14 bits per heavy atom. The highest BCUT2D eigenvalue weighted by Gasteiger charge is 2.20. The molecule has 0 saturated heterocycles. The topological polar surface area (TPSA) is 77.2 Å². The number of pyridine rings is 1. The first-order valence-electron chi connectivity index (χ1n) is 9.33. The summed E-state index contributed by atoms with van der Waals surface area (Å²) in [6.45, 7) is 5.63. The second-order valence-electron chi connectivity index (χ2n) is 7.49. The smallest absolute Gasteiger partial charge is 0.250 e. The molecule has 0 fully saturated rings. The van der Waals surface area contributed by atoms with E-state index in [2.05, 4.69) is 24.1 Å². The van der Waals surface area contributed by atoms with Gasteiger partial charge in [-0.15, -0.1) is 0 Å². The predicted octanol–water partition coefficient (Wildman–Crippen LogP) is 4.18. The monoisotopic (exact) mass is 393 g/mol. The summed E-state index contributed by atoms with van der Waals surface area (Å²) in [6, 6.07) is 17.6. The van der Waals surface area contributed by atoms with Gasteiger partial charge in [0.2, 0.25) is 11.8 Å². The molecule has 3 N–H and O–H groups in total. The van der Waals surface area contributed by atoms with Gasteiger partial charge in [0.05, 0.1) is 5.56 Å². The molecule has 2 aromatic carbocycles.